The molecule has 368 valence electrons. The van der Waals surface area contributed by atoms with Gasteiger partial charge in [-0.1, -0.05) is 60.1 Å². The Kier molecular flexibility index (Phi) is 13.0. The van der Waals surface area contributed by atoms with E-state index in [1.807, 2.05) is 13.8 Å². The first-order chi connectivity index (χ1) is 30.3. The van der Waals surface area contributed by atoms with Crippen molar-refractivity contribution in [3.8, 4) is 0 Å². The lowest BCUT2D eigenvalue weighted by atomic mass is 9.33. The minimum absolute atomic E-state index is 0.00187. The van der Waals surface area contributed by atoms with Gasteiger partial charge in [0.1, 0.15) is 42.7 Å². The lowest BCUT2D eigenvalue weighted by molar-refractivity contribution is -0.375. The molecular formula is C49H76O16. The van der Waals surface area contributed by atoms with Crippen molar-refractivity contribution in [2.75, 3.05) is 13.2 Å². The van der Waals surface area contributed by atoms with Gasteiger partial charge in [0, 0.05) is 17.3 Å². The molecule has 0 aromatic heterocycles. The third-order valence-corrected chi connectivity index (χ3v) is 19.4. The summed E-state index contributed by atoms with van der Waals surface area (Å²) in [6.07, 6.45) is -7.75. The highest BCUT2D eigenvalue weighted by Gasteiger charge is 2.70. The summed E-state index contributed by atoms with van der Waals surface area (Å²) >= 11 is 0. The molecule has 6 fully saturated rings. The van der Waals surface area contributed by atoms with Crippen LogP contribution in [-0.2, 0) is 33.3 Å². The minimum atomic E-state index is -1.99. The van der Waals surface area contributed by atoms with Gasteiger partial charge in [0.25, 0.3) is 0 Å². The van der Waals surface area contributed by atoms with Crippen molar-refractivity contribution in [3.63, 3.8) is 0 Å². The van der Waals surface area contributed by atoms with E-state index in [1.165, 1.54) is 5.57 Å². The summed E-state index contributed by atoms with van der Waals surface area (Å²) in [4.78, 5) is 25.0. The molecule has 0 radical (unpaired) electrons. The fourth-order valence-electron chi connectivity index (χ4n) is 15.3. The van der Waals surface area contributed by atoms with Gasteiger partial charge in [-0.15, -0.1) is 0 Å². The number of Topliss-reactive ketones (excluding diaryl/α,β-unsaturated/α-hetero) is 1. The van der Waals surface area contributed by atoms with Crippen LogP contribution in [0.15, 0.2) is 23.0 Å². The Morgan fingerprint density at radius 3 is 2.11 bits per heavy atom. The highest BCUT2D eigenvalue weighted by molar-refractivity contribution is 5.95. The standard InChI is InChI=1S/C49H76O16/c1-23-17-24(18-27(52)33(23)53)61-32-20-44(2,3)19-26-25-9-10-30-46(5)13-12-31(47(6,22-51)29(46)11-14-49(30,8)48(25,7)16-15-45(26,32)4)63-43-40(37(57)36(56)39(64-43)41(59)60)65-42-38(58)35(55)34(54)28(21-50)62-42/h9,24,26,28-32,34-40,42-43,50-51,53-58H,10-22H2,1-8H3,(H,59,60)/t24?,26?,28-,29?,30?,31?,32?,34+,35+,36+,37+,38-,39?,40-,42+,43-,45?,46?,47?,48?,49?/m1/s1. The first-order valence-electron chi connectivity index (χ1n) is 24.0. The summed E-state index contributed by atoms with van der Waals surface area (Å²) in [6, 6.07) is 0. The maximum atomic E-state index is 12.7. The number of carboxylic acid groups (broad SMARTS) is 1. The number of carboxylic acids is 1. The second kappa shape index (κ2) is 17.1. The molecule has 65 heavy (non-hydrogen) atoms. The van der Waals surface area contributed by atoms with Crippen LogP contribution in [0.2, 0.25) is 0 Å². The third-order valence-electron chi connectivity index (χ3n) is 19.4. The Bertz CT molecular complexity index is 1900. The highest BCUT2D eigenvalue weighted by Crippen LogP contribution is 2.76. The van der Waals surface area contributed by atoms with Crippen molar-refractivity contribution in [2.45, 2.75) is 206 Å². The molecule has 0 aromatic carbocycles. The van der Waals surface area contributed by atoms with Crippen LogP contribution in [0.5, 0.6) is 0 Å². The van der Waals surface area contributed by atoms with Gasteiger partial charge < -0.3 is 69.6 Å². The van der Waals surface area contributed by atoms with Crippen molar-refractivity contribution in [3.05, 3.63) is 23.0 Å². The van der Waals surface area contributed by atoms with Crippen LogP contribution >= 0.6 is 0 Å². The number of carbonyl (C=O) groups excluding carboxylic acids is 1. The summed E-state index contributed by atoms with van der Waals surface area (Å²) in [5.74, 6) is -1.44. The van der Waals surface area contributed by atoms with Crippen LogP contribution in [0.4, 0.5) is 0 Å². The Hall–Kier alpha value is -2.06. The van der Waals surface area contributed by atoms with Gasteiger partial charge in [0.15, 0.2) is 30.2 Å². The van der Waals surface area contributed by atoms with Gasteiger partial charge >= 0.3 is 5.97 Å². The lowest BCUT2D eigenvalue weighted by Crippen LogP contribution is -2.68. The van der Waals surface area contributed by atoms with Crippen molar-refractivity contribution < 1.29 is 79.2 Å². The quantitative estimate of drug-likeness (QED) is 0.119. The number of hydrogen-bond donors (Lipinski definition) is 9. The van der Waals surface area contributed by atoms with Gasteiger partial charge in [-0.25, -0.2) is 4.79 Å². The molecule has 8 rings (SSSR count). The average molecular weight is 921 g/mol. The van der Waals surface area contributed by atoms with Crippen LogP contribution in [-0.4, -0.2) is 151 Å². The van der Waals surface area contributed by atoms with Gasteiger partial charge in [0.05, 0.1) is 31.5 Å². The number of ketones is 1. The fourth-order valence-corrected chi connectivity index (χ4v) is 15.3. The molecule has 9 N–H and O–H groups in total. The molecule has 16 nitrogen and oxygen atoms in total. The topological polar surface area (TPSA) is 262 Å². The molecular weight excluding hydrogens is 845 g/mol. The first kappa shape index (κ1) is 49.4. The van der Waals surface area contributed by atoms with Crippen LogP contribution in [0, 0.1) is 50.2 Å². The summed E-state index contributed by atoms with van der Waals surface area (Å²) in [5.41, 5.74) is 0.736. The molecule has 0 aromatic rings. The first-order valence-corrected chi connectivity index (χ1v) is 24.0. The second-order valence-electron chi connectivity index (χ2n) is 23.5. The number of aliphatic carboxylic acids is 1. The minimum Gasteiger partial charge on any atom is -0.504 e. The van der Waals surface area contributed by atoms with E-state index in [9.17, 15) is 55.5 Å². The lowest BCUT2D eigenvalue weighted by Gasteiger charge is -2.72. The maximum absolute atomic E-state index is 12.7. The normalized spacial score (nSPS) is 52.1. The van der Waals surface area contributed by atoms with E-state index >= 15 is 0 Å². The predicted octanol–water partition coefficient (Wildman–Crippen LogP) is 3.44. The maximum Gasteiger partial charge on any atom is 0.335 e. The van der Waals surface area contributed by atoms with E-state index in [4.69, 9.17) is 23.7 Å². The Labute approximate surface area is 382 Å². The highest BCUT2D eigenvalue weighted by atomic mass is 16.8. The number of allylic oxidation sites excluding steroid dienone is 3. The fraction of sp³-hybridized carbons (Fsp3) is 0.878. The zero-order chi connectivity index (χ0) is 47.6. The Morgan fingerprint density at radius 1 is 0.754 bits per heavy atom. The van der Waals surface area contributed by atoms with Crippen molar-refractivity contribution in [2.24, 2.45) is 50.2 Å². The zero-order valence-electron chi connectivity index (χ0n) is 39.4. The van der Waals surface area contributed by atoms with E-state index in [0.717, 1.165) is 44.9 Å². The summed E-state index contributed by atoms with van der Waals surface area (Å²) in [7, 11) is 0. The van der Waals surface area contributed by atoms with Crippen LogP contribution in [0.3, 0.4) is 0 Å². The van der Waals surface area contributed by atoms with Gasteiger partial charge in [-0.05, 0) is 116 Å². The number of aliphatic hydroxyl groups excluding tert-OH is 8. The molecule has 2 saturated heterocycles. The molecule has 6 aliphatic carbocycles. The molecule has 0 spiro atoms. The smallest absolute Gasteiger partial charge is 0.335 e. The molecule has 4 saturated carbocycles. The zero-order valence-corrected chi connectivity index (χ0v) is 39.4. The van der Waals surface area contributed by atoms with Crippen LogP contribution in [0.1, 0.15) is 126 Å². The van der Waals surface area contributed by atoms with Crippen molar-refractivity contribution in [1.82, 2.24) is 0 Å². The number of rotatable bonds is 9. The second-order valence-corrected chi connectivity index (χ2v) is 23.5. The molecule has 12 unspecified atom stereocenters. The Balaban J connectivity index is 1.06. The van der Waals surface area contributed by atoms with Gasteiger partial charge in [0.2, 0.25) is 0 Å². The number of carbonyl (C=O) groups is 2. The van der Waals surface area contributed by atoms with E-state index < -0.39 is 85.5 Å². The molecule has 16 heteroatoms. The molecule has 21 atom stereocenters. The molecule has 2 aliphatic heterocycles. The number of ether oxygens (including phenoxy) is 5. The van der Waals surface area contributed by atoms with E-state index in [-0.39, 0.29) is 81.6 Å². The van der Waals surface area contributed by atoms with E-state index in [0.29, 0.717) is 24.8 Å². The Morgan fingerprint density at radius 2 is 1.46 bits per heavy atom. The predicted molar refractivity (Wildman–Crippen MR) is 232 cm³/mol. The summed E-state index contributed by atoms with van der Waals surface area (Å²) in [6.45, 7) is 17.2. The largest absolute Gasteiger partial charge is 0.504 e. The SMILES string of the molecule is CC1=C(O)C(=O)CC(OC2CC(C)(C)CC3C4=CCC5C6(C)CCC(O[C@@H]7OC(C(=O)O)[C@@H](O)[C@H](O)[C@H]7O[C@@H]7O[C@H](CO)[C@H](O)[C@H](O)[C@H]7O)C(C)(CO)C6CCC5(C)C4(C)CCC23C)C1. The molecule has 0 amide bonds. The number of aliphatic hydroxyl groups is 8. The number of hydrogen-bond acceptors (Lipinski definition) is 15. The van der Waals surface area contributed by atoms with Gasteiger partial charge in [-0.3, -0.25) is 4.79 Å². The molecule has 2 heterocycles. The molecule has 0 bridgehead atoms. The van der Waals surface area contributed by atoms with Crippen molar-refractivity contribution >= 4 is 11.8 Å². The average Bonchev–Trinajstić information content (AvgIpc) is 3.24. The van der Waals surface area contributed by atoms with Crippen molar-refractivity contribution in [1.29, 1.82) is 0 Å². The number of fused-ring (bicyclic) bond motifs is 7. The van der Waals surface area contributed by atoms with E-state index in [1.54, 1.807) is 0 Å². The van der Waals surface area contributed by atoms with Crippen LogP contribution < -0.4 is 0 Å². The monoisotopic (exact) mass is 921 g/mol. The summed E-state index contributed by atoms with van der Waals surface area (Å²) in [5, 5.41) is 95.4. The summed E-state index contributed by atoms with van der Waals surface area (Å²) < 4.78 is 31.0. The van der Waals surface area contributed by atoms with Crippen LogP contribution in [0.25, 0.3) is 0 Å². The third kappa shape index (κ3) is 7.71. The van der Waals surface area contributed by atoms with Gasteiger partial charge in [-0.2, -0.15) is 0 Å². The molecule has 8 aliphatic rings. The van der Waals surface area contributed by atoms with E-state index in [2.05, 4.69) is 47.6 Å².